The maximum absolute atomic E-state index is 12.8. The number of fused-ring (bicyclic) bond motifs is 1. The molecule has 2 aromatic rings. The number of rotatable bonds is 3. The van der Waals surface area contributed by atoms with Crippen LogP contribution in [-0.2, 0) is 7.05 Å². The van der Waals surface area contributed by atoms with Crippen LogP contribution in [0, 0.1) is 0 Å². The molecule has 0 saturated carbocycles. The molecule has 0 bridgehead atoms. The number of aromatic nitrogens is 2. The van der Waals surface area contributed by atoms with Crippen molar-refractivity contribution >= 4 is 39.9 Å². The van der Waals surface area contributed by atoms with Crippen LogP contribution >= 0.6 is 23.7 Å². The molecule has 7 heteroatoms. The average molecular weight is 357 g/mol. The number of aryl methyl sites for hydroxylation is 1. The van der Waals surface area contributed by atoms with Gasteiger partial charge in [-0.05, 0) is 37.9 Å². The van der Waals surface area contributed by atoms with Crippen molar-refractivity contribution in [3.63, 3.8) is 0 Å². The van der Waals surface area contributed by atoms with E-state index in [0.717, 1.165) is 46.7 Å². The SMILES string of the molecule is CC(C)c1nn(C)c2sc(C(=O)N(C)C3CCNCC3)cc12.Cl. The summed E-state index contributed by atoms with van der Waals surface area (Å²) in [4.78, 5) is 16.6. The fourth-order valence-corrected chi connectivity index (χ4v) is 4.19. The molecule has 2 aromatic heterocycles. The van der Waals surface area contributed by atoms with Crippen LogP contribution in [0.4, 0.5) is 0 Å². The predicted molar refractivity (Wildman–Crippen MR) is 97.9 cm³/mol. The summed E-state index contributed by atoms with van der Waals surface area (Å²) in [6, 6.07) is 2.38. The van der Waals surface area contributed by atoms with Crippen LogP contribution in [0.15, 0.2) is 6.07 Å². The van der Waals surface area contributed by atoms with E-state index in [1.807, 2.05) is 29.7 Å². The summed E-state index contributed by atoms with van der Waals surface area (Å²) in [5.74, 6) is 0.506. The molecule has 0 spiro atoms. The van der Waals surface area contributed by atoms with E-state index in [4.69, 9.17) is 0 Å². The Balaban J connectivity index is 0.00000192. The van der Waals surface area contributed by atoms with Crippen molar-refractivity contribution in [1.82, 2.24) is 20.0 Å². The minimum Gasteiger partial charge on any atom is -0.338 e. The van der Waals surface area contributed by atoms with E-state index in [1.54, 1.807) is 11.3 Å². The standard InChI is InChI=1S/C16H24N4OS.ClH/c1-10(2)14-12-9-13(22-16(12)20(4)18-14)15(21)19(3)11-5-7-17-8-6-11;/h9-11,17H,5-8H2,1-4H3;1H. The third kappa shape index (κ3) is 3.39. The number of amides is 1. The van der Waals surface area contributed by atoms with Crippen molar-refractivity contribution in [2.24, 2.45) is 7.05 Å². The highest BCUT2D eigenvalue weighted by atomic mass is 35.5. The van der Waals surface area contributed by atoms with E-state index in [0.29, 0.717) is 12.0 Å². The first-order valence-corrected chi connectivity index (χ1v) is 8.75. The van der Waals surface area contributed by atoms with Crippen LogP contribution in [0.2, 0.25) is 0 Å². The maximum Gasteiger partial charge on any atom is 0.264 e. The van der Waals surface area contributed by atoms with Crippen LogP contribution in [-0.4, -0.2) is 46.8 Å². The Morgan fingerprint density at radius 1 is 1.43 bits per heavy atom. The molecule has 5 nitrogen and oxygen atoms in total. The van der Waals surface area contributed by atoms with E-state index in [2.05, 4.69) is 24.3 Å². The molecular formula is C16H25ClN4OS. The smallest absolute Gasteiger partial charge is 0.264 e. The molecule has 0 radical (unpaired) electrons. The van der Waals surface area contributed by atoms with Gasteiger partial charge in [0.25, 0.3) is 5.91 Å². The van der Waals surface area contributed by atoms with E-state index >= 15 is 0 Å². The Morgan fingerprint density at radius 2 is 2.09 bits per heavy atom. The van der Waals surface area contributed by atoms with Crippen LogP contribution in [0.3, 0.4) is 0 Å². The largest absolute Gasteiger partial charge is 0.338 e. The van der Waals surface area contributed by atoms with Crippen molar-refractivity contribution in [3.05, 3.63) is 16.6 Å². The number of nitrogens with one attached hydrogen (secondary N) is 1. The molecule has 1 aliphatic rings. The molecule has 0 aromatic carbocycles. The topological polar surface area (TPSA) is 50.2 Å². The number of thiophene rings is 1. The number of piperidine rings is 1. The Labute approximate surface area is 147 Å². The third-order valence-electron chi connectivity index (χ3n) is 4.47. The Hall–Kier alpha value is -1.11. The van der Waals surface area contributed by atoms with Crippen molar-refractivity contribution in [1.29, 1.82) is 0 Å². The van der Waals surface area contributed by atoms with Gasteiger partial charge < -0.3 is 10.2 Å². The second-order valence-electron chi connectivity index (χ2n) is 6.39. The van der Waals surface area contributed by atoms with E-state index < -0.39 is 0 Å². The maximum atomic E-state index is 12.8. The summed E-state index contributed by atoms with van der Waals surface area (Å²) in [7, 11) is 3.89. The van der Waals surface area contributed by atoms with E-state index in [1.165, 1.54) is 0 Å². The lowest BCUT2D eigenvalue weighted by molar-refractivity contribution is 0.0708. The van der Waals surface area contributed by atoms with Gasteiger partial charge in [-0.25, -0.2) is 0 Å². The van der Waals surface area contributed by atoms with Gasteiger partial charge in [-0.3, -0.25) is 9.48 Å². The van der Waals surface area contributed by atoms with Gasteiger partial charge in [-0.15, -0.1) is 23.7 Å². The highest BCUT2D eigenvalue weighted by Gasteiger charge is 2.25. The summed E-state index contributed by atoms with van der Waals surface area (Å²) in [5, 5.41) is 9.05. The predicted octanol–water partition coefficient (Wildman–Crippen LogP) is 3.00. The van der Waals surface area contributed by atoms with Crippen LogP contribution in [0.1, 0.15) is 48.0 Å². The van der Waals surface area contributed by atoms with Gasteiger partial charge in [0.2, 0.25) is 0 Å². The lowest BCUT2D eigenvalue weighted by atomic mass is 10.1. The van der Waals surface area contributed by atoms with Crippen LogP contribution in [0.25, 0.3) is 10.2 Å². The first-order chi connectivity index (χ1) is 10.5. The lowest BCUT2D eigenvalue weighted by Crippen LogP contribution is -2.43. The molecule has 128 valence electrons. The molecule has 23 heavy (non-hydrogen) atoms. The van der Waals surface area contributed by atoms with Gasteiger partial charge >= 0.3 is 0 Å². The number of halogens is 1. The molecule has 3 rings (SSSR count). The molecule has 0 unspecified atom stereocenters. The van der Waals surface area contributed by atoms with Gasteiger partial charge in [-0.1, -0.05) is 13.8 Å². The minimum absolute atomic E-state index is 0. The number of hydrogen-bond acceptors (Lipinski definition) is 4. The summed E-state index contributed by atoms with van der Waals surface area (Å²) in [5.41, 5.74) is 1.08. The van der Waals surface area contributed by atoms with Crippen molar-refractivity contribution in [2.45, 2.75) is 38.6 Å². The second-order valence-corrected chi connectivity index (χ2v) is 7.42. The fraction of sp³-hybridized carbons (Fsp3) is 0.625. The zero-order chi connectivity index (χ0) is 15.9. The number of nitrogens with zero attached hydrogens (tertiary/aromatic N) is 3. The van der Waals surface area contributed by atoms with Gasteiger partial charge in [-0.2, -0.15) is 5.10 Å². The highest BCUT2D eigenvalue weighted by Crippen LogP contribution is 2.32. The lowest BCUT2D eigenvalue weighted by Gasteiger charge is -2.31. The fourth-order valence-electron chi connectivity index (χ4n) is 3.13. The van der Waals surface area contributed by atoms with E-state index in [9.17, 15) is 4.79 Å². The van der Waals surface area contributed by atoms with Gasteiger partial charge in [0.1, 0.15) is 4.83 Å². The molecule has 1 fully saturated rings. The van der Waals surface area contributed by atoms with Crippen LogP contribution in [0.5, 0.6) is 0 Å². The highest BCUT2D eigenvalue weighted by molar-refractivity contribution is 7.20. The zero-order valence-corrected chi connectivity index (χ0v) is 15.8. The number of hydrogen-bond donors (Lipinski definition) is 1. The quantitative estimate of drug-likeness (QED) is 0.919. The van der Waals surface area contributed by atoms with Crippen LogP contribution < -0.4 is 5.32 Å². The number of carbonyl (C=O) groups is 1. The molecule has 1 N–H and O–H groups in total. The Morgan fingerprint density at radius 3 is 2.70 bits per heavy atom. The van der Waals surface area contributed by atoms with Gasteiger partial charge in [0.15, 0.2) is 0 Å². The molecule has 0 aliphatic carbocycles. The summed E-state index contributed by atoms with van der Waals surface area (Å²) < 4.78 is 1.90. The first kappa shape index (κ1) is 18.2. The molecule has 1 amide bonds. The molecular weight excluding hydrogens is 332 g/mol. The first-order valence-electron chi connectivity index (χ1n) is 7.93. The minimum atomic E-state index is 0. The summed E-state index contributed by atoms with van der Waals surface area (Å²) >= 11 is 1.56. The van der Waals surface area contributed by atoms with Crippen molar-refractivity contribution < 1.29 is 4.79 Å². The molecule has 3 heterocycles. The van der Waals surface area contributed by atoms with Gasteiger partial charge in [0, 0.05) is 25.5 Å². The summed E-state index contributed by atoms with van der Waals surface area (Å²) in [6.07, 6.45) is 2.07. The monoisotopic (exact) mass is 356 g/mol. The summed E-state index contributed by atoms with van der Waals surface area (Å²) in [6.45, 7) is 6.27. The Bertz CT molecular complexity index is 688. The normalized spacial score (nSPS) is 15.9. The van der Waals surface area contributed by atoms with Crippen molar-refractivity contribution in [3.8, 4) is 0 Å². The number of carbonyl (C=O) groups excluding carboxylic acids is 1. The third-order valence-corrected chi connectivity index (χ3v) is 5.66. The van der Waals surface area contributed by atoms with Crippen molar-refractivity contribution in [2.75, 3.05) is 20.1 Å². The average Bonchev–Trinajstić information content (AvgIpc) is 3.07. The van der Waals surface area contributed by atoms with E-state index in [-0.39, 0.29) is 18.3 Å². The van der Waals surface area contributed by atoms with Gasteiger partial charge in [0.05, 0.1) is 10.6 Å². The molecule has 0 atom stereocenters. The zero-order valence-electron chi connectivity index (χ0n) is 14.1. The Kier molecular flexibility index (Phi) is 5.70. The molecule has 1 saturated heterocycles. The molecule has 1 aliphatic heterocycles. The second kappa shape index (κ2) is 7.20.